The first kappa shape index (κ1) is 14.2. The van der Waals surface area contributed by atoms with Crippen LogP contribution in [0.4, 0.5) is 5.69 Å². The highest BCUT2D eigenvalue weighted by molar-refractivity contribution is 6.30. The molecular weight excluding hydrogens is 308 g/mol. The SMILES string of the molecule is OC[C@H]1O[C@@H](n2cnc3c(NC4CC4)cc(Cl)nc32)C[C@@H]1O. The Kier molecular flexibility index (Phi) is 3.45. The fourth-order valence-electron chi connectivity index (χ4n) is 2.79. The van der Waals surface area contributed by atoms with Gasteiger partial charge in [-0.2, -0.15) is 0 Å². The summed E-state index contributed by atoms with van der Waals surface area (Å²) in [6, 6.07) is 2.26. The van der Waals surface area contributed by atoms with Crippen molar-refractivity contribution in [2.75, 3.05) is 11.9 Å². The van der Waals surface area contributed by atoms with Gasteiger partial charge in [0.05, 0.1) is 24.7 Å². The number of anilines is 1. The van der Waals surface area contributed by atoms with Gasteiger partial charge in [0.15, 0.2) is 5.65 Å². The van der Waals surface area contributed by atoms with E-state index < -0.39 is 18.4 Å². The molecule has 1 aliphatic heterocycles. The van der Waals surface area contributed by atoms with Gasteiger partial charge in [-0.05, 0) is 12.8 Å². The first-order valence-corrected chi connectivity index (χ1v) is 7.77. The number of halogens is 1. The summed E-state index contributed by atoms with van der Waals surface area (Å²) in [7, 11) is 0. The van der Waals surface area contributed by atoms with E-state index in [9.17, 15) is 10.2 Å². The second-order valence-corrected chi connectivity index (χ2v) is 6.24. The molecule has 0 aromatic carbocycles. The number of pyridine rings is 1. The Hall–Kier alpha value is -1.41. The summed E-state index contributed by atoms with van der Waals surface area (Å²) < 4.78 is 7.43. The van der Waals surface area contributed by atoms with E-state index in [2.05, 4.69) is 15.3 Å². The van der Waals surface area contributed by atoms with E-state index in [1.165, 1.54) is 0 Å². The fraction of sp³-hybridized carbons (Fsp3) is 0.571. The van der Waals surface area contributed by atoms with Crippen molar-refractivity contribution in [3.05, 3.63) is 17.5 Å². The monoisotopic (exact) mass is 324 g/mol. The van der Waals surface area contributed by atoms with E-state index in [-0.39, 0.29) is 6.61 Å². The Morgan fingerprint density at radius 3 is 2.95 bits per heavy atom. The number of aliphatic hydroxyl groups excluding tert-OH is 2. The zero-order chi connectivity index (χ0) is 15.3. The van der Waals surface area contributed by atoms with Gasteiger partial charge in [0.2, 0.25) is 0 Å². The molecular formula is C14H17ClN4O3. The maximum Gasteiger partial charge on any atom is 0.165 e. The van der Waals surface area contributed by atoms with Crippen LogP contribution in [0.15, 0.2) is 12.4 Å². The molecule has 3 N–H and O–H groups in total. The molecule has 3 heterocycles. The van der Waals surface area contributed by atoms with Crippen molar-refractivity contribution < 1.29 is 14.9 Å². The Labute approximate surface area is 131 Å². The van der Waals surface area contributed by atoms with Crippen LogP contribution in [0.5, 0.6) is 0 Å². The van der Waals surface area contributed by atoms with E-state index >= 15 is 0 Å². The molecule has 0 spiro atoms. The average molecular weight is 325 g/mol. The summed E-state index contributed by atoms with van der Waals surface area (Å²) in [5.74, 6) is 0. The van der Waals surface area contributed by atoms with E-state index in [0.717, 1.165) is 24.0 Å². The number of fused-ring (bicyclic) bond motifs is 1. The quantitative estimate of drug-likeness (QED) is 0.734. The molecule has 2 fully saturated rings. The van der Waals surface area contributed by atoms with Crippen molar-refractivity contribution in [1.82, 2.24) is 14.5 Å². The van der Waals surface area contributed by atoms with Crippen molar-refractivity contribution in [3.8, 4) is 0 Å². The summed E-state index contributed by atoms with van der Waals surface area (Å²) >= 11 is 6.13. The molecule has 8 heteroatoms. The number of nitrogens with zero attached hydrogens (tertiary/aromatic N) is 3. The van der Waals surface area contributed by atoms with E-state index in [0.29, 0.717) is 23.3 Å². The van der Waals surface area contributed by atoms with Crippen LogP contribution in [0.2, 0.25) is 5.15 Å². The molecule has 0 bridgehead atoms. The highest BCUT2D eigenvalue weighted by atomic mass is 35.5. The van der Waals surface area contributed by atoms with Gasteiger partial charge < -0.3 is 20.3 Å². The molecule has 0 radical (unpaired) electrons. The second-order valence-electron chi connectivity index (χ2n) is 5.85. The van der Waals surface area contributed by atoms with Crippen LogP contribution in [-0.2, 0) is 4.74 Å². The Bertz CT molecular complexity index is 703. The standard InChI is InChI=1S/C14H17ClN4O3/c15-11-3-8(17-7-1-2-7)13-14(18-11)19(6-16-13)12-4-9(21)10(5-20)22-12/h3,6-7,9-10,12,20-21H,1-2,4-5H2,(H,17,18)/t9-,10+,12+/m0/s1. The maximum atomic E-state index is 9.89. The normalized spacial score (nSPS) is 28.4. The molecule has 2 aromatic heterocycles. The third-order valence-electron chi connectivity index (χ3n) is 4.13. The third kappa shape index (κ3) is 2.44. The smallest absolute Gasteiger partial charge is 0.165 e. The first-order valence-electron chi connectivity index (χ1n) is 7.39. The van der Waals surface area contributed by atoms with Gasteiger partial charge in [-0.25, -0.2) is 9.97 Å². The van der Waals surface area contributed by atoms with Crippen molar-refractivity contribution >= 4 is 28.5 Å². The molecule has 2 aromatic rings. The topological polar surface area (TPSA) is 92.4 Å². The maximum absolute atomic E-state index is 9.89. The molecule has 7 nitrogen and oxygen atoms in total. The Morgan fingerprint density at radius 1 is 1.45 bits per heavy atom. The molecule has 3 atom stereocenters. The van der Waals surface area contributed by atoms with Crippen molar-refractivity contribution in [1.29, 1.82) is 0 Å². The lowest BCUT2D eigenvalue weighted by Crippen LogP contribution is -2.24. The van der Waals surface area contributed by atoms with Crippen molar-refractivity contribution in [3.63, 3.8) is 0 Å². The second kappa shape index (κ2) is 5.34. The molecule has 2 aliphatic rings. The Balaban J connectivity index is 1.71. The number of hydrogen-bond donors (Lipinski definition) is 3. The van der Waals surface area contributed by atoms with Crippen molar-refractivity contribution in [2.24, 2.45) is 0 Å². The number of aliphatic hydroxyl groups is 2. The minimum atomic E-state index is -0.698. The van der Waals surface area contributed by atoms with Gasteiger partial charge in [-0.15, -0.1) is 0 Å². The average Bonchev–Trinajstić information content (AvgIpc) is 3.07. The molecule has 22 heavy (non-hydrogen) atoms. The molecule has 1 aliphatic carbocycles. The summed E-state index contributed by atoms with van der Waals surface area (Å²) in [5, 5.41) is 22.9. The van der Waals surface area contributed by atoms with E-state index in [1.807, 2.05) is 0 Å². The largest absolute Gasteiger partial charge is 0.394 e. The van der Waals surface area contributed by atoms with Crippen molar-refractivity contribution in [2.45, 2.75) is 43.7 Å². The first-order chi connectivity index (χ1) is 10.7. The minimum Gasteiger partial charge on any atom is -0.394 e. The Morgan fingerprint density at radius 2 is 2.27 bits per heavy atom. The lowest BCUT2D eigenvalue weighted by atomic mass is 10.2. The third-order valence-corrected chi connectivity index (χ3v) is 4.32. The highest BCUT2D eigenvalue weighted by Gasteiger charge is 2.35. The van der Waals surface area contributed by atoms with Crippen LogP contribution in [0.1, 0.15) is 25.5 Å². The van der Waals surface area contributed by atoms with Crippen LogP contribution in [0.3, 0.4) is 0 Å². The zero-order valence-electron chi connectivity index (χ0n) is 11.8. The van der Waals surface area contributed by atoms with Gasteiger partial charge in [-0.3, -0.25) is 4.57 Å². The minimum absolute atomic E-state index is 0.215. The van der Waals surface area contributed by atoms with E-state index in [4.69, 9.17) is 16.3 Å². The lowest BCUT2D eigenvalue weighted by Gasteiger charge is -2.14. The number of hydrogen-bond acceptors (Lipinski definition) is 6. The summed E-state index contributed by atoms with van der Waals surface area (Å²) in [6.45, 7) is -0.215. The predicted octanol–water partition coefficient (Wildman–Crippen LogP) is 1.30. The van der Waals surface area contributed by atoms with E-state index in [1.54, 1.807) is 17.0 Å². The summed E-state index contributed by atoms with van der Waals surface area (Å²) in [5.41, 5.74) is 2.22. The number of ether oxygens (including phenoxy) is 1. The molecule has 0 amide bonds. The molecule has 118 valence electrons. The van der Waals surface area contributed by atoms with Gasteiger partial charge in [0.1, 0.15) is 23.0 Å². The number of imidazole rings is 1. The van der Waals surface area contributed by atoms with Gasteiger partial charge in [0, 0.05) is 18.5 Å². The number of nitrogens with one attached hydrogen (secondary N) is 1. The number of rotatable bonds is 4. The van der Waals surface area contributed by atoms with Gasteiger partial charge in [0.25, 0.3) is 0 Å². The zero-order valence-corrected chi connectivity index (χ0v) is 12.6. The highest BCUT2D eigenvalue weighted by Crippen LogP contribution is 2.34. The fourth-order valence-corrected chi connectivity index (χ4v) is 2.98. The molecule has 0 unspecified atom stereocenters. The van der Waals surface area contributed by atoms with Crippen LogP contribution in [-0.4, -0.2) is 49.6 Å². The molecule has 4 rings (SSSR count). The van der Waals surface area contributed by atoms with Gasteiger partial charge in [-0.1, -0.05) is 11.6 Å². The lowest BCUT2D eigenvalue weighted by molar-refractivity contribution is -0.0432. The number of aromatic nitrogens is 3. The predicted molar refractivity (Wildman–Crippen MR) is 80.8 cm³/mol. The van der Waals surface area contributed by atoms with Crippen LogP contribution < -0.4 is 5.32 Å². The molecule has 1 saturated carbocycles. The van der Waals surface area contributed by atoms with Gasteiger partial charge >= 0.3 is 0 Å². The van der Waals surface area contributed by atoms with Crippen LogP contribution in [0.25, 0.3) is 11.2 Å². The van der Waals surface area contributed by atoms with Crippen LogP contribution >= 0.6 is 11.6 Å². The molecule has 1 saturated heterocycles. The summed E-state index contributed by atoms with van der Waals surface area (Å²) in [4.78, 5) is 8.76. The van der Waals surface area contributed by atoms with Crippen LogP contribution in [0, 0.1) is 0 Å². The summed E-state index contributed by atoms with van der Waals surface area (Å²) in [6.07, 6.45) is 2.65.